The lowest BCUT2D eigenvalue weighted by molar-refractivity contribution is -0.156. The number of amides is 2. The standard InChI is InChI=1S/C18H19N3O4/c1-20-9-10(11-4-2-3-5-13(11)20)8-12-17(23)21-14(16(22)19-12)6-7-15(21)18(24)25/h2-5,9,12,14-15H,6-8H2,1H3,(H,19,22)(H,24,25)/t12-,14+,15+/m1/s1. The van der Waals surface area contributed by atoms with E-state index in [1.807, 2.05) is 42.1 Å². The van der Waals surface area contributed by atoms with E-state index < -0.39 is 24.1 Å². The molecule has 4 rings (SSSR count). The van der Waals surface area contributed by atoms with Gasteiger partial charge in [-0.2, -0.15) is 0 Å². The predicted molar refractivity (Wildman–Crippen MR) is 89.8 cm³/mol. The van der Waals surface area contributed by atoms with Crippen molar-refractivity contribution in [3.05, 3.63) is 36.0 Å². The first-order valence-electron chi connectivity index (χ1n) is 8.35. The number of carbonyl (C=O) groups excluding carboxylic acids is 2. The Morgan fingerprint density at radius 3 is 2.80 bits per heavy atom. The highest BCUT2D eigenvalue weighted by molar-refractivity contribution is 6.00. The molecule has 0 bridgehead atoms. The van der Waals surface area contributed by atoms with Crippen LogP contribution < -0.4 is 5.32 Å². The van der Waals surface area contributed by atoms with Gasteiger partial charge in [0.2, 0.25) is 11.8 Å². The molecule has 2 fully saturated rings. The fourth-order valence-electron chi connectivity index (χ4n) is 4.07. The number of aliphatic carboxylic acids is 1. The minimum atomic E-state index is -1.05. The van der Waals surface area contributed by atoms with Crippen molar-refractivity contribution >= 4 is 28.7 Å². The molecule has 0 saturated carbocycles. The molecule has 3 heterocycles. The normalized spacial score (nSPS) is 26.0. The van der Waals surface area contributed by atoms with E-state index in [1.54, 1.807) is 0 Å². The molecular weight excluding hydrogens is 322 g/mol. The van der Waals surface area contributed by atoms with Crippen molar-refractivity contribution in [3.8, 4) is 0 Å². The summed E-state index contributed by atoms with van der Waals surface area (Å²) in [5, 5.41) is 13.2. The van der Waals surface area contributed by atoms with Crippen LogP contribution in [0.4, 0.5) is 0 Å². The Morgan fingerprint density at radius 1 is 1.28 bits per heavy atom. The topological polar surface area (TPSA) is 91.6 Å². The molecule has 0 aliphatic carbocycles. The van der Waals surface area contributed by atoms with Crippen molar-refractivity contribution in [2.45, 2.75) is 37.4 Å². The third-order valence-electron chi connectivity index (χ3n) is 5.25. The first-order chi connectivity index (χ1) is 12.0. The lowest BCUT2D eigenvalue weighted by atomic mass is 10.0. The summed E-state index contributed by atoms with van der Waals surface area (Å²) in [7, 11) is 1.93. The van der Waals surface area contributed by atoms with Crippen LogP contribution in [0.1, 0.15) is 18.4 Å². The second-order valence-electron chi connectivity index (χ2n) is 6.74. The van der Waals surface area contributed by atoms with Gasteiger partial charge >= 0.3 is 5.97 Å². The van der Waals surface area contributed by atoms with Gasteiger partial charge in [-0.25, -0.2) is 4.79 Å². The number of aryl methyl sites for hydroxylation is 1. The molecule has 7 heteroatoms. The Morgan fingerprint density at radius 2 is 2.04 bits per heavy atom. The molecule has 0 radical (unpaired) electrons. The second-order valence-corrected chi connectivity index (χ2v) is 6.74. The van der Waals surface area contributed by atoms with Crippen molar-refractivity contribution in [3.63, 3.8) is 0 Å². The van der Waals surface area contributed by atoms with Crippen LogP contribution in [0.2, 0.25) is 0 Å². The van der Waals surface area contributed by atoms with Gasteiger partial charge in [-0.05, 0) is 24.5 Å². The first kappa shape index (κ1) is 15.7. The molecule has 2 amide bonds. The van der Waals surface area contributed by atoms with Crippen LogP contribution in [0.25, 0.3) is 10.9 Å². The molecule has 2 aromatic rings. The summed E-state index contributed by atoms with van der Waals surface area (Å²) in [6.45, 7) is 0. The number of carboxylic acid groups (broad SMARTS) is 1. The third kappa shape index (κ3) is 2.38. The summed E-state index contributed by atoms with van der Waals surface area (Å²) >= 11 is 0. The maximum absolute atomic E-state index is 12.9. The number of carbonyl (C=O) groups is 3. The molecule has 3 atom stereocenters. The van der Waals surface area contributed by atoms with Gasteiger partial charge in [-0.15, -0.1) is 0 Å². The molecule has 7 nitrogen and oxygen atoms in total. The summed E-state index contributed by atoms with van der Waals surface area (Å²) in [6, 6.07) is 5.58. The number of benzene rings is 1. The lowest BCUT2D eigenvalue weighted by Crippen LogP contribution is -2.64. The number of hydrogen-bond acceptors (Lipinski definition) is 3. The highest BCUT2D eigenvalue weighted by Gasteiger charge is 2.50. The lowest BCUT2D eigenvalue weighted by Gasteiger charge is -2.36. The van der Waals surface area contributed by atoms with E-state index >= 15 is 0 Å². The smallest absolute Gasteiger partial charge is 0.326 e. The average Bonchev–Trinajstić information content (AvgIpc) is 3.16. The summed E-state index contributed by atoms with van der Waals surface area (Å²) in [5.41, 5.74) is 2.01. The van der Waals surface area contributed by atoms with E-state index in [1.165, 1.54) is 4.90 Å². The maximum atomic E-state index is 12.9. The molecule has 2 saturated heterocycles. The van der Waals surface area contributed by atoms with Gasteiger partial charge in [-0.1, -0.05) is 18.2 Å². The van der Waals surface area contributed by atoms with E-state index in [2.05, 4.69) is 5.32 Å². The third-order valence-corrected chi connectivity index (χ3v) is 5.25. The van der Waals surface area contributed by atoms with Crippen molar-refractivity contribution in [1.82, 2.24) is 14.8 Å². The zero-order valence-electron chi connectivity index (χ0n) is 13.8. The molecule has 1 aromatic carbocycles. The molecule has 2 aliphatic heterocycles. The molecule has 2 aliphatic rings. The van der Waals surface area contributed by atoms with Crippen LogP contribution in [0.15, 0.2) is 30.5 Å². The Balaban J connectivity index is 1.65. The van der Waals surface area contributed by atoms with Crippen LogP contribution in [0, 0.1) is 0 Å². The molecular formula is C18H19N3O4. The summed E-state index contributed by atoms with van der Waals surface area (Å²) in [4.78, 5) is 37.9. The quantitative estimate of drug-likeness (QED) is 0.858. The molecule has 25 heavy (non-hydrogen) atoms. The van der Waals surface area contributed by atoms with Crippen LogP contribution >= 0.6 is 0 Å². The zero-order valence-corrected chi connectivity index (χ0v) is 13.8. The number of nitrogens with zero attached hydrogens (tertiary/aromatic N) is 2. The zero-order chi connectivity index (χ0) is 17.7. The average molecular weight is 341 g/mol. The number of aromatic nitrogens is 1. The van der Waals surface area contributed by atoms with Crippen molar-refractivity contribution in [2.75, 3.05) is 0 Å². The number of rotatable bonds is 3. The van der Waals surface area contributed by atoms with Gasteiger partial charge in [0.1, 0.15) is 18.1 Å². The number of fused-ring (bicyclic) bond motifs is 2. The van der Waals surface area contributed by atoms with Gasteiger partial charge in [0.15, 0.2) is 0 Å². The summed E-state index contributed by atoms with van der Waals surface area (Å²) < 4.78 is 1.98. The Labute approximate surface area is 144 Å². The number of para-hydroxylation sites is 1. The predicted octanol–water partition coefficient (Wildman–Crippen LogP) is 0.663. The van der Waals surface area contributed by atoms with Crippen molar-refractivity contribution in [1.29, 1.82) is 0 Å². The minimum absolute atomic E-state index is 0.256. The van der Waals surface area contributed by atoms with Gasteiger partial charge in [0.05, 0.1) is 0 Å². The first-order valence-corrected chi connectivity index (χ1v) is 8.35. The molecule has 0 unspecified atom stereocenters. The maximum Gasteiger partial charge on any atom is 0.326 e. The van der Waals surface area contributed by atoms with E-state index in [0.717, 1.165) is 16.5 Å². The van der Waals surface area contributed by atoms with Gasteiger partial charge < -0.3 is 19.9 Å². The Bertz CT molecular complexity index is 882. The Kier molecular flexibility index (Phi) is 3.52. The van der Waals surface area contributed by atoms with Crippen LogP contribution in [-0.2, 0) is 27.9 Å². The van der Waals surface area contributed by atoms with Crippen LogP contribution in [0.3, 0.4) is 0 Å². The van der Waals surface area contributed by atoms with Gasteiger partial charge in [-0.3, -0.25) is 9.59 Å². The number of nitrogens with one attached hydrogen (secondary N) is 1. The van der Waals surface area contributed by atoms with Gasteiger partial charge in [0.25, 0.3) is 0 Å². The SMILES string of the molecule is Cn1cc(C[C@H]2NC(=O)[C@@H]3CC[C@@H](C(=O)O)N3C2=O)c2ccccc21. The molecule has 2 N–H and O–H groups in total. The van der Waals surface area contributed by atoms with E-state index in [9.17, 15) is 19.5 Å². The second kappa shape index (κ2) is 5.61. The van der Waals surface area contributed by atoms with E-state index in [-0.39, 0.29) is 11.8 Å². The highest BCUT2D eigenvalue weighted by Crippen LogP contribution is 2.30. The van der Waals surface area contributed by atoms with Gasteiger partial charge in [0, 0.05) is 30.6 Å². The monoisotopic (exact) mass is 341 g/mol. The summed E-state index contributed by atoms with van der Waals surface area (Å²) in [5.74, 6) is -1.61. The van der Waals surface area contributed by atoms with Crippen molar-refractivity contribution in [2.24, 2.45) is 7.05 Å². The van der Waals surface area contributed by atoms with Crippen LogP contribution in [-0.4, -0.2) is 50.5 Å². The fraction of sp³-hybridized carbons (Fsp3) is 0.389. The minimum Gasteiger partial charge on any atom is -0.480 e. The molecule has 1 aromatic heterocycles. The van der Waals surface area contributed by atoms with E-state index in [4.69, 9.17) is 0 Å². The molecule has 0 spiro atoms. The largest absolute Gasteiger partial charge is 0.480 e. The Hall–Kier alpha value is -2.83. The number of hydrogen-bond donors (Lipinski definition) is 2. The highest BCUT2D eigenvalue weighted by atomic mass is 16.4. The molecule has 130 valence electrons. The fourth-order valence-corrected chi connectivity index (χ4v) is 4.07. The number of carboxylic acids is 1. The summed E-state index contributed by atoms with van der Waals surface area (Å²) in [6.07, 6.45) is 3.02. The van der Waals surface area contributed by atoms with E-state index in [0.29, 0.717) is 19.3 Å². The number of piperazine rings is 1. The van der Waals surface area contributed by atoms with Crippen molar-refractivity contribution < 1.29 is 19.5 Å². The van der Waals surface area contributed by atoms with Crippen LogP contribution in [0.5, 0.6) is 0 Å².